The number of allylic oxidation sites excluding steroid dienone is 1. The van der Waals surface area contributed by atoms with Crippen molar-refractivity contribution < 1.29 is 17.5 Å². The molecule has 0 spiro atoms. The zero-order chi connectivity index (χ0) is 20.1. The number of methoxy groups -OCH3 is 1. The highest BCUT2D eigenvalue weighted by atomic mass is 32.2. The predicted molar refractivity (Wildman–Crippen MR) is 104 cm³/mol. The molecule has 1 saturated heterocycles. The summed E-state index contributed by atoms with van der Waals surface area (Å²) in [6.07, 6.45) is 1.40. The third-order valence-electron chi connectivity index (χ3n) is 4.58. The third kappa shape index (κ3) is 4.26. The van der Waals surface area contributed by atoms with Crippen LogP contribution in [0.25, 0.3) is 0 Å². The smallest absolute Gasteiger partial charge is 0.218 e. The standard InChI is InChI=1S/C20H20FN3O3S/c1-27-18-6-8-19(9-7-18)28(25,26)20(14-22)15-23-10-12-24(13-11-23)17-4-2-16(21)3-5-17/h2-9,15H,10-13H2,1H3/b20-15+. The van der Waals surface area contributed by atoms with E-state index in [1.54, 1.807) is 24.3 Å². The molecule has 1 aliphatic rings. The summed E-state index contributed by atoms with van der Waals surface area (Å²) in [5.41, 5.74) is 0.913. The van der Waals surface area contributed by atoms with Crippen molar-refractivity contribution in [2.24, 2.45) is 0 Å². The Hall–Kier alpha value is -3.05. The average molecular weight is 401 g/mol. The summed E-state index contributed by atoms with van der Waals surface area (Å²) in [5.74, 6) is 0.256. The maximum absolute atomic E-state index is 13.1. The zero-order valence-electron chi connectivity index (χ0n) is 15.4. The molecule has 2 aromatic rings. The molecule has 3 rings (SSSR count). The molecule has 0 radical (unpaired) electrons. The number of rotatable bonds is 5. The van der Waals surface area contributed by atoms with E-state index in [0.29, 0.717) is 31.9 Å². The van der Waals surface area contributed by atoms with E-state index in [-0.39, 0.29) is 15.6 Å². The molecule has 8 heteroatoms. The number of hydrogen-bond donors (Lipinski definition) is 0. The van der Waals surface area contributed by atoms with E-state index in [2.05, 4.69) is 4.90 Å². The minimum atomic E-state index is -3.90. The van der Waals surface area contributed by atoms with Crippen molar-refractivity contribution in [2.45, 2.75) is 4.90 Å². The molecule has 0 N–H and O–H groups in total. The van der Waals surface area contributed by atoms with Gasteiger partial charge in [0.2, 0.25) is 9.84 Å². The zero-order valence-corrected chi connectivity index (χ0v) is 16.2. The minimum Gasteiger partial charge on any atom is -0.497 e. The van der Waals surface area contributed by atoms with E-state index in [1.165, 1.54) is 37.6 Å². The van der Waals surface area contributed by atoms with E-state index >= 15 is 0 Å². The number of nitriles is 1. The van der Waals surface area contributed by atoms with Crippen LogP contribution in [-0.2, 0) is 9.84 Å². The van der Waals surface area contributed by atoms with Gasteiger partial charge in [-0.25, -0.2) is 12.8 Å². The number of ether oxygens (including phenoxy) is 1. The molecule has 0 amide bonds. The fourth-order valence-corrected chi connectivity index (χ4v) is 4.12. The van der Waals surface area contributed by atoms with Gasteiger partial charge in [0.1, 0.15) is 17.6 Å². The second-order valence-corrected chi connectivity index (χ2v) is 8.20. The molecule has 1 aliphatic heterocycles. The van der Waals surface area contributed by atoms with Gasteiger partial charge in [0.15, 0.2) is 4.91 Å². The average Bonchev–Trinajstić information content (AvgIpc) is 2.73. The van der Waals surface area contributed by atoms with Crippen LogP contribution in [0.5, 0.6) is 5.75 Å². The molecular weight excluding hydrogens is 381 g/mol. The van der Waals surface area contributed by atoms with Crippen LogP contribution in [0, 0.1) is 17.1 Å². The molecule has 1 heterocycles. The predicted octanol–water partition coefficient (Wildman–Crippen LogP) is 2.80. The van der Waals surface area contributed by atoms with E-state index in [9.17, 15) is 18.1 Å². The van der Waals surface area contributed by atoms with Gasteiger partial charge < -0.3 is 14.5 Å². The Morgan fingerprint density at radius 3 is 2.21 bits per heavy atom. The lowest BCUT2D eigenvalue weighted by atomic mass is 10.2. The van der Waals surface area contributed by atoms with Crippen molar-refractivity contribution in [1.29, 1.82) is 5.26 Å². The lowest BCUT2D eigenvalue weighted by Gasteiger charge is -2.35. The van der Waals surface area contributed by atoms with Crippen LogP contribution in [0.1, 0.15) is 0 Å². The van der Waals surface area contributed by atoms with Gasteiger partial charge in [-0.1, -0.05) is 0 Å². The van der Waals surface area contributed by atoms with Crippen molar-refractivity contribution in [3.63, 3.8) is 0 Å². The topological polar surface area (TPSA) is 73.6 Å². The number of nitrogens with zero attached hydrogens (tertiary/aromatic N) is 3. The molecule has 2 aromatic carbocycles. The highest BCUT2D eigenvalue weighted by molar-refractivity contribution is 7.95. The highest BCUT2D eigenvalue weighted by Gasteiger charge is 2.23. The molecule has 146 valence electrons. The summed E-state index contributed by atoms with van der Waals surface area (Å²) in [6.45, 7) is 2.40. The van der Waals surface area contributed by atoms with Crippen LogP contribution in [0.3, 0.4) is 0 Å². The molecule has 28 heavy (non-hydrogen) atoms. The fraction of sp³-hybridized carbons (Fsp3) is 0.250. The maximum atomic E-state index is 13.1. The summed E-state index contributed by atoms with van der Waals surface area (Å²) in [4.78, 5) is 3.66. The normalized spacial score (nSPS) is 15.2. The van der Waals surface area contributed by atoms with Crippen LogP contribution in [-0.4, -0.2) is 46.6 Å². The summed E-state index contributed by atoms with van der Waals surface area (Å²) >= 11 is 0. The Kier molecular flexibility index (Phi) is 5.85. The molecule has 0 aliphatic carbocycles. The maximum Gasteiger partial charge on any atom is 0.218 e. The van der Waals surface area contributed by atoms with Crippen LogP contribution in [0.2, 0.25) is 0 Å². The van der Waals surface area contributed by atoms with Crippen molar-refractivity contribution in [1.82, 2.24) is 4.90 Å². The summed E-state index contributed by atoms with van der Waals surface area (Å²) in [6, 6.07) is 14.0. The molecule has 6 nitrogen and oxygen atoms in total. The molecule has 1 fully saturated rings. The second-order valence-electron chi connectivity index (χ2n) is 6.28. The monoisotopic (exact) mass is 401 g/mol. The molecule has 0 aromatic heterocycles. The van der Waals surface area contributed by atoms with E-state index < -0.39 is 9.84 Å². The summed E-state index contributed by atoms with van der Waals surface area (Å²) < 4.78 is 43.6. The molecule has 0 atom stereocenters. The third-order valence-corrected chi connectivity index (χ3v) is 6.24. The largest absolute Gasteiger partial charge is 0.497 e. The van der Waals surface area contributed by atoms with Crippen LogP contribution in [0.4, 0.5) is 10.1 Å². The van der Waals surface area contributed by atoms with Crippen molar-refractivity contribution in [3.05, 3.63) is 65.5 Å². The van der Waals surface area contributed by atoms with Crippen molar-refractivity contribution in [3.8, 4) is 11.8 Å². The highest BCUT2D eigenvalue weighted by Crippen LogP contribution is 2.23. The number of anilines is 1. The summed E-state index contributed by atoms with van der Waals surface area (Å²) in [5, 5.41) is 9.42. The van der Waals surface area contributed by atoms with Crippen LogP contribution < -0.4 is 9.64 Å². The number of sulfone groups is 1. The Balaban J connectivity index is 1.72. The molecule has 0 bridgehead atoms. The first-order chi connectivity index (χ1) is 13.4. The van der Waals surface area contributed by atoms with Gasteiger partial charge in [-0.15, -0.1) is 0 Å². The van der Waals surface area contributed by atoms with Gasteiger partial charge in [-0.2, -0.15) is 5.26 Å². The van der Waals surface area contributed by atoms with Gasteiger partial charge >= 0.3 is 0 Å². The quantitative estimate of drug-likeness (QED) is 0.718. The van der Waals surface area contributed by atoms with Gasteiger partial charge in [0.25, 0.3) is 0 Å². The van der Waals surface area contributed by atoms with E-state index in [0.717, 1.165) is 5.69 Å². The SMILES string of the molecule is COc1ccc(S(=O)(=O)/C(C#N)=C/N2CCN(c3ccc(F)cc3)CC2)cc1. The first-order valence-corrected chi connectivity index (χ1v) is 10.2. The van der Waals surface area contributed by atoms with Crippen molar-refractivity contribution in [2.75, 3.05) is 38.2 Å². The molecular formula is C20H20FN3O3S. The number of halogens is 1. The van der Waals surface area contributed by atoms with Crippen molar-refractivity contribution >= 4 is 15.5 Å². The summed E-state index contributed by atoms with van der Waals surface area (Å²) in [7, 11) is -2.40. The Bertz CT molecular complexity index is 988. The fourth-order valence-electron chi connectivity index (χ4n) is 2.97. The number of piperazine rings is 1. The van der Waals surface area contributed by atoms with Gasteiger partial charge in [-0.3, -0.25) is 0 Å². The lowest BCUT2D eigenvalue weighted by Crippen LogP contribution is -2.44. The van der Waals surface area contributed by atoms with Gasteiger partial charge in [0, 0.05) is 38.1 Å². The number of benzene rings is 2. The first-order valence-electron chi connectivity index (χ1n) is 8.69. The van der Waals surface area contributed by atoms with E-state index in [4.69, 9.17) is 4.74 Å². The van der Waals surface area contributed by atoms with Crippen LogP contribution >= 0.6 is 0 Å². The molecule has 0 unspecified atom stereocenters. The van der Waals surface area contributed by atoms with Crippen LogP contribution in [0.15, 0.2) is 64.5 Å². The minimum absolute atomic E-state index is 0.0473. The molecule has 0 saturated carbocycles. The Morgan fingerprint density at radius 2 is 1.68 bits per heavy atom. The van der Waals surface area contributed by atoms with Gasteiger partial charge in [0.05, 0.1) is 12.0 Å². The second kappa shape index (κ2) is 8.31. The Labute approximate surface area is 164 Å². The first kappa shape index (κ1) is 19.7. The van der Waals surface area contributed by atoms with E-state index in [1.807, 2.05) is 11.0 Å². The van der Waals surface area contributed by atoms with Gasteiger partial charge in [-0.05, 0) is 48.5 Å². The number of hydrogen-bond acceptors (Lipinski definition) is 6. The lowest BCUT2D eigenvalue weighted by molar-refractivity contribution is 0.348. The Morgan fingerprint density at radius 1 is 1.07 bits per heavy atom.